The highest BCUT2D eigenvalue weighted by molar-refractivity contribution is 6.33. The summed E-state index contributed by atoms with van der Waals surface area (Å²) in [4.78, 5) is 47.1. The van der Waals surface area contributed by atoms with Gasteiger partial charge < -0.3 is 15.0 Å². The molecule has 1 aromatic carbocycles. The maximum atomic E-state index is 11.9. The van der Waals surface area contributed by atoms with Crippen LogP contribution in [0.1, 0.15) is 25.7 Å². The predicted molar refractivity (Wildman–Crippen MR) is 92.7 cm³/mol. The Morgan fingerprint density at radius 1 is 1.31 bits per heavy atom. The molecule has 140 valence electrons. The van der Waals surface area contributed by atoms with Crippen molar-refractivity contribution in [3.05, 3.63) is 33.3 Å². The molecular weight excluding hydrogens is 366 g/mol. The number of benzene rings is 1. The van der Waals surface area contributed by atoms with Gasteiger partial charge in [0.2, 0.25) is 5.91 Å². The molecule has 0 atom stereocenters. The van der Waals surface area contributed by atoms with Crippen LogP contribution in [0, 0.1) is 10.1 Å². The molecule has 0 saturated carbocycles. The van der Waals surface area contributed by atoms with Crippen molar-refractivity contribution in [1.29, 1.82) is 0 Å². The molecule has 1 aromatic rings. The van der Waals surface area contributed by atoms with Gasteiger partial charge in [0.25, 0.3) is 11.6 Å². The van der Waals surface area contributed by atoms with Crippen LogP contribution in [0.4, 0.5) is 11.4 Å². The van der Waals surface area contributed by atoms with Crippen molar-refractivity contribution in [1.82, 2.24) is 4.90 Å². The van der Waals surface area contributed by atoms with E-state index in [9.17, 15) is 24.5 Å². The first-order valence-corrected chi connectivity index (χ1v) is 8.42. The van der Waals surface area contributed by atoms with Gasteiger partial charge in [-0.25, -0.2) is 0 Å². The molecule has 1 fully saturated rings. The van der Waals surface area contributed by atoms with E-state index in [2.05, 4.69) is 5.32 Å². The van der Waals surface area contributed by atoms with Gasteiger partial charge in [-0.05, 0) is 18.9 Å². The summed E-state index contributed by atoms with van der Waals surface area (Å²) in [6, 6.07) is 3.60. The minimum Gasteiger partial charge on any atom is -0.454 e. The predicted octanol–water partition coefficient (Wildman–Crippen LogP) is 2.13. The third-order valence-corrected chi connectivity index (χ3v) is 4.12. The maximum Gasteiger partial charge on any atom is 0.326 e. The number of esters is 1. The normalized spacial score (nSPS) is 14.5. The molecule has 26 heavy (non-hydrogen) atoms. The highest BCUT2D eigenvalue weighted by atomic mass is 35.5. The number of carbonyl (C=O) groups is 3. The maximum absolute atomic E-state index is 11.9. The van der Waals surface area contributed by atoms with Crippen LogP contribution in [0.25, 0.3) is 0 Å². The Hall–Kier alpha value is -2.68. The molecule has 0 bridgehead atoms. The molecule has 2 rings (SSSR count). The zero-order valence-electron chi connectivity index (χ0n) is 13.9. The summed E-state index contributed by atoms with van der Waals surface area (Å²) in [5.41, 5.74) is -0.189. The van der Waals surface area contributed by atoms with Crippen molar-refractivity contribution >= 4 is 40.8 Å². The van der Waals surface area contributed by atoms with Crippen molar-refractivity contribution in [3.63, 3.8) is 0 Å². The molecule has 0 aliphatic carbocycles. The topological polar surface area (TPSA) is 119 Å². The Morgan fingerprint density at radius 2 is 2.08 bits per heavy atom. The molecule has 0 radical (unpaired) electrons. The van der Waals surface area contributed by atoms with Gasteiger partial charge in [0.05, 0.1) is 15.6 Å². The standard InChI is InChI=1S/C16H18ClN3O6/c17-12-6-5-11(20(24)25)8-13(12)18-14(21)10-26-16(23)9-19-7-3-1-2-4-15(19)22/h5-6,8H,1-4,7,9-10H2,(H,18,21). The van der Waals surface area contributed by atoms with E-state index in [0.717, 1.165) is 25.3 Å². The van der Waals surface area contributed by atoms with Gasteiger partial charge >= 0.3 is 5.97 Å². The molecule has 1 N–H and O–H groups in total. The minimum atomic E-state index is -0.694. The summed E-state index contributed by atoms with van der Waals surface area (Å²) in [7, 11) is 0. The molecule has 0 aromatic heterocycles. The molecule has 0 unspecified atom stereocenters. The van der Waals surface area contributed by atoms with Gasteiger partial charge in [-0.15, -0.1) is 0 Å². The van der Waals surface area contributed by atoms with Gasteiger partial charge in [-0.1, -0.05) is 18.0 Å². The third kappa shape index (κ3) is 5.69. The average molecular weight is 384 g/mol. The van der Waals surface area contributed by atoms with E-state index in [0.29, 0.717) is 13.0 Å². The fourth-order valence-corrected chi connectivity index (χ4v) is 2.63. The summed E-state index contributed by atoms with van der Waals surface area (Å²) >= 11 is 5.88. The molecule has 1 aliphatic rings. The number of rotatable bonds is 6. The number of amides is 2. The van der Waals surface area contributed by atoms with Crippen LogP contribution in [-0.4, -0.2) is 47.3 Å². The van der Waals surface area contributed by atoms with Crippen LogP contribution < -0.4 is 5.32 Å². The number of carbonyl (C=O) groups excluding carboxylic acids is 3. The van der Waals surface area contributed by atoms with E-state index in [1.165, 1.54) is 17.0 Å². The van der Waals surface area contributed by atoms with Crippen molar-refractivity contribution in [2.75, 3.05) is 25.0 Å². The SMILES string of the molecule is O=C(COC(=O)CN1CCCCCC1=O)Nc1cc([N+](=O)[O-])ccc1Cl. The number of nitrogens with zero attached hydrogens (tertiary/aromatic N) is 2. The van der Waals surface area contributed by atoms with Crippen LogP contribution in [0.3, 0.4) is 0 Å². The summed E-state index contributed by atoms with van der Waals surface area (Å²) in [6.45, 7) is -0.299. The highest BCUT2D eigenvalue weighted by Crippen LogP contribution is 2.26. The Bertz CT molecular complexity index is 724. The van der Waals surface area contributed by atoms with Crippen LogP contribution in [0.5, 0.6) is 0 Å². The molecule has 9 nitrogen and oxygen atoms in total. The van der Waals surface area contributed by atoms with E-state index < -0.39 is 23.4 Å². The Kier molecular flexibility index (Phi) is 6.90. The van der Waals surface area contributed by atoms with E-state index in [1.54, 1.807) is 0 Å². The van der Waals surface area contributed by atoms with Crippen molar-refractivity contribution in [3.8, 4) is 0 Å². The first-order chi connectivity index (χ1) is 12.4. The molecule has 10 heteroatoms. The number of hydrogen-bond donors (Lipinski definition) is 1. The minimum absolute atomic E-state index is 0.0459. The second-order valence-electron chi connectivity index (χ2n) is 5.76. The zero-order chi connectivity index (χ0) is 19.1. The van der Waals surface area contributed by atoms with Crippen LogP contribution >= 0.6 is 11.6 Å². The number of nitro benzene ring substituents is 1. The number of non-ortho nitro benzene ring substituents is 1. The third-order valence-electron chi connectivity index (χ3n) is 3.79. The number of nitrogens with one attached hydrogen (secondary N) is 1. The second-order valence-corrected chi connectivity index (χ2v) is 6.16. The van der Waals surface area contributed by atoms with E-state index in [4.69, 9.17) is 16.3 Å². The smallest absolute Gasteiger partial charge is 0.326 e. The number of nitro groups is 1. The Balaban J connectivity index is 1.84. The first kappa shape index (κ1) is 19.6. The molecular formula is C16H18ClN3O6. The monoisotopic (exact) mass is 383 g/mol. The van der Waals surface area contributed by atoms with Crippen molar-refractivity contribution in [2.45, 2.75) is 25.7 Å². The number of likely N-dealkylation sites (tertiary alicyclic amines) is 1. The number of halogens is 1. The van der Waals surface area contributed by atoms with Gasteiger partial charge in [-0.3, -0.25) is 24.5 Å². The van der Waals surface area contributed by atoms with Crippen LogP contribution in [-0.2, 0) is 19.1 Å². The Morgan fingerprint density at radius 3 is 2.81 bits per heavy atom. The second kappa shape index (κ2) is 9.14. The largest absolute Gasteiger partial charge is 0.454 e. The number of anilines is 1. The van der Waals surface area contributed by atoms with E-state index >= 15 is 0 Å². The summed E-state index contributed by atoms with van der Waals surface area (Å²) in [5, 5.41) is 13.2. The van der Waals surface area contributed by atoms with E-state index in [-0.39, 0.29) is 28.8 Å². The van der Waals surface area contributed by atoms with Crippen LogP contribution in [0.15, 0.2) is 18.2 Å². The fourth-order valence-electron chi connectivity index (χ4n) is 2.46. The van der Waals surface area contributed by atoms with Crippen molar-refractivity contribution < 1.29 is 24.0 Å². The van der Waals surface area contributed by atoms with E-state index in [1.807, 2.05) is 0 Å². The highest BCUT2D eigenvalue weighted by Gasteiger charge is 2.20. The quantitative estimate of drug-likeness (QED) is 0.456. The summed E-state index contributed by atoms with van der Waals surface area (Å²) in [6.07, 6.45) is 2.96. The summed E-state index contributed by atoms with van der Waals surface area (Å²) in [5.74, 6) is -1.49. The Labute approximate surface area is 154 Å². The molecule has 2 amide bonds. The van der Waals surface area contributed by atoms with Gasteiger partial charge in [0, 0.05) is 25.1 Å². The number of hydrogen-bond acceptors (Lipinski definition) is 6. The fraction of sp³-hybridized carbons (Fsp3) is 0.438. The summed E-state index contributed by atoms with van der Waals surface area (Å²) < 4.78 is 4.86. The number of ether oxygens (including phenoxy) is 1. The zero-order valence-corrected chi connectivity index (χ0v) is 14.7. The first-order valence-electron chi connectivity index (χ1n) is 8.04. The molecule has 1 heterocycles. The van der Waals surface area contributed by atoms with Crippen LogP contribution in [0.2, 0.25) is 5.02 Å². The molecule has 1 saturated heterocycles. The molecule has 0 spiro atoms. The lowest BCUT2D eigenvalue weighted by molar-refractivity contribution is -0.384. The van der Waals surface area contributed by atoms with Gasteiger partial charge in [0.1, 0.15) is 6.54 Å². The van der Waals surface area contributed by atoms with Crippen molar-refractivity contribution in [2.24, 2.45) is 0 Å². The van der Waals surface area contributed by atoms with Gasteiger partial charge in [-0.2, -0.15) is 0 Å². The lowest BCUT2D eigenvalue weighted by atomic mass is 10.2. The molecule has 1 aliphatic heterocycles. The van der Waals surface area contributed by atoms with Gasteiger partial charge in [0.15, 0.2) is 6.61 Å². The average Bonchev–Trinajstić information content (AvgIpc) is 2.79. The lowest BCUT2D eigenvalue weighted by Crippen LogP contribution is -2.36. The lowest BCUT2D eigenvalue weighted by Gasteiger charge is -2.19.